The molecule has 0 bridgehead atoms. The fourth-order valence-electron chi connectivity index (χ4n) is 2.68. The second-order valence-corrected chi connectivity index (χ2v) is 5.16. The SMILES string of the molecule is Cc1ncc(F)cc1CC1CCC(C(=O)O)CC1. The van der Waals surface area contributed by atoms with E-state index in [1.807, 2.05) is 6.92 Å². The molecule has 1 fully saturated rings. The van der Waals surface area contributed by atoms with E-state index in [0.717, 1.165) is 43.4 Å². The van der Waals surface area contributed by atoms with Crippen molar-refractivity contribution < 1.29 is 14.3 Å². The van der Waals surface area contributed by atoms with Gasteiger partial charge in [0.05, 0.1) is 12.1 Å². The smallest absolute Gasteiger partial charge is 0.306 e. The van der Waals surface area contributed by atoms with E-state index in [1.54, 1.807) is 6.07 Å². The zero-order chi connectivity index (χ0) is 13.1. The predicted molar refractivity (Wildman–Crippen MR) is 65.7 cm³/mol. The molecule has 1 heterocycles. The summed E-state index contributed by atoms with van der Waals surface area (Å²) < 4.78 is 13.1. The van der Waals surface area contributed by atoms with Crippen molar-refractivity contribution in [2.45, 2.75) is 39.0 Å². The zero-order valence-electron chi connectivity index (χ0n) is 10.5. The van der Waals surface area contributed by atoms with Gasteiger partial charge in [0.2, 0.25) is 0 Å². The number of pyridine rings is 1. The van der Waals surface area contributed by atoms with Crippen LogP contribution in [0.5, 0.6) is 0 Å². The number of nitrogens with zero attached hydrogens (tertiary/aromatic N) is 1. The second kappa shape index (κ2) is 5.46. The number of carbonyl (C=O) groups is 1. The maximum atomic E-state index is 13.1. The number of aryl methyl sites for hydroxylation is 1. The number of hydrogen-bond donors (Lipinski definition) is 1. The summed E-state index contributed by atoms with van der Waals surface area (Å²) in [5.41, 5.74) is 1.82. The number of halogens is 1. The topological polar surface area (TPSA) is 50.2 Å². The van der Waals surface area contributed by atoms with E-state index in [-0.39, 0.29) is 11.7 Å². The van der Waals surface area contributed by atoms with Crippen molar-refractivity contribution in [3.63, 3.8) is 0 Å². The fraction of sp³-hybridized carbons (Fsp3) is 0.571. The normalized spacial score (nSPS) is 23.9. The molecule has 18 heavy (non-hydrogen) atoms. The van der Waals surface area contributed by atoms with Crippen LogP contribution in [0.2, 0.25) is 0 Å². The van der Waals surface area contributed by atoms with Gasteiger partial charge < -0.3 is 5.11 Å². The largest absolute Gasteiger partial charge is 0.481 e. The molecule has 1 aliphatic rings. The van der Waals surface area contributed by atoms with Gasteiger partial charge >= 0.3 is 5.97 Å². The van der Waals surface area contributed by atoms with Crippen LogP contribution in [0.1, 0.15) is 36.9 Å². The van der Waals surface area contributed by atoms with E-state index in [9.17, 15) is 9.18 Å². The first-order chi connectivity index (χ1) is 8.56. The molecule has 0 radical (unpaired) electrons. The summed E-state index contributed by atoms with van der Waals surface area (Å²) in [5.74, 6) is -0.706. The summed E-state index contributed by atoms with van der Waals surface area (Å²) >= 11 is 0. The van der Waals surface area contributed by atoms with Crippen molar-refractivity contribution in [2.24, 2.45) is 11.8 Å². The number of carboxylic acid groups (broad SMARTS) is 1. The summed E-state index contributed by atoms with van der Waals surface area (Å²) in [6.45, 7) is 1.89. The molecule has 1 aromatic heterocycles. The van der Waals surface area contributed by atoms with Gasteiger partial charge in [-0.3, -0.25) is 9.78 Å². The van der Waals surface area contributed by atoms with E-state index >= 15 is 0 Å². The summed E-state index contributed by atoms with van der Waals surface area (Å²) in [6.07, 6.45) is 5.34. The third kappa shape index (κ3) is 3.06. The van der Waals surface area contributed by atoms with Gasteiger partial charge in [-0.2, -0.15) is 0 Å². The Kier molecular flexibility index (Phi) is 3.94. The van der Waals surface area contributed by atoms with Gasteiger partial charge in [-0.1, -0.05) is 0 Å². The summed E-state index contributed by atoms with van der Waals surface area (Å²) in [6, 6.07) is 1.55. The highest BCUT2D eigenvalue weighted by molar-refractivity contribution is 5.69. The van der Waals surface area contributed by atoms with E-state index in [0.29, 0.717) is 5.92 Å². The van der Waals surface area contributed by atoms with Crippen molar-refractivity contribution in [1.82, 2.24) is 4.98 Å². The predicted octanol–water partition coefficient (Wildman–Crippen LogP) is 2.96. The molecular weight excluding hydrogens is 233 g/mol. The van der Waals surface area contributed by atoms with Crippen molar-refractivity contribution in [3.8, 4) is 0 Å². The molecule has 3 nitrogen and oxygen atoms in total. The number of rotatable bonds is 3. The summed E-state index contributed by atoms with van der Waals surface area (Å²) in [4.78, 5) is 14.9. The molecule has 0 unspecified atom stereocenters. The van der Waals surface area contributed by atoms with Gasteiger partial charge in [0.1, 0.15) is 5.82 Å². The highest BCUT2D eigenvalue weighted by atomic mass is 19.1. The van der Waals surface area contributed by atoms with Gasteiger partial charge in [0.25, 0.3) is 0 Å². The number of aliphatic carboxylic acids is 1. The van der Waals surface area contributed by atoms with Gasteiger partial charge in [-0.15, -0.1) is 0 Å². The maximum absolute atomic E-state index is 13.1. The molecule has 1 N–H and O–H groups in total. The van der Waals surface area contributed by atoms with Crippen LogP contribution in [0.25, 0.3) is 0 Å². The quantitative estimate of drug-likeness (QED) is 0.898. The van der Waals surface area contributed by atoms with Crippen molar-refractivity contribution >= 4 is 5.97 Å². The first-order valence-corrected chi connectivity index (χ1v) is 6.40. The molecule has 0 saturated heterocycles. The molecular formula is C14H18FNO2. The highest BCUT2D eigenvalue weighted by Gasteiger charge is 2.26. The summed E-state index contributed by atoms with van der Waals surface area (Å²) in [5, 5.41) is 8.94. The van der Waals surface area contributed by atoms with Crippen molar-refractivity contribution in [3.05, 3.63) is 29.3 Å². The molecule has 1 aromatic rings. The van der Waals surface area contributed by atoms with E-state index in [1.165, 1.54) is 6.20 Å². The lowest BCUT2D eigenvalue weighted by Crippen LogP contribution is -2.22. The lowest BCUT2D eigenvalue weighted by molar-refractivity contribution is -0.143. The van der Waals surface area contributed by atoms with E-state index in [2.05, 4.69) is 4.98 Å². The van der Waals surface area contributed by atoms with Crippen LogP contribution in [0, 0.1) is 24.6 Å². The minimum atomic E-state index is -0.683. The average molecular weight is 251 g/mol. The Hall–Kier alpha value is -1.45. The Balaban J connectivity index is 1.95. The Morgan fingerprint density at radius 3 is 2.72 bits per heavy atom. The van der Waals surface area contributed by atoms with Crippen LogP contribution in [0.4, 0.5) is 4.39 Å². The van der Waals surface area contributed by atoms with Crippen LogP contribution in [0.3, 0.4) is 0 Å². The third-order valence-corrected chi connectivity index (χ3v) is 3.86. The number of hydrogen-bond acceptors (Lipinski definition) is 2. The standard InChI is InChI=1S/C14H18FNO2/c1-9-12(7-13(15)8-16-9)6-10-2-4-11(5-3-10)14(17)18/h7-8,10-11H,2-6H2,1H3,(H,17,18). The lowest BCUT2D eigenvalue weighted by atomic mass is 9.79. The van der Waals surface area contributed by atoms with E-state index < -0.39 is 5.97 Å². The zero-order valence-corrected chi connectivity index (χ0v) is 10.5. The van der Waals surface area contributed by atoms with Crippen LogP contribution in [-0.2, 0) is 11.2 Å². The first kappa shape index (κ1) is 13.0. The van der Waals surface area contributed by atoms with Crippen LogP contribution < -0.4 is 0 Å². The van der Waals surface area contributed by atoms with Gasteiger partial charge in [-0.05, 0) is 56.6 Å². The molecule has 0 atom stereocenters. The highest BCUT2D eigenvalue weighted by Crippen LogP contribution is 2.31. The second-order valence-electron chi connectivity index (χ2n) is 5.16. The molecule has 0 amide bonds. The lowest BCUT2D eigenvalue weighted by Gasteiger charge is -2.26. The van der Waals surface area contributed by atoms with Crippen LogP contribution >= 0.6 is 0 Å². The molecule has 2 rings (SSSR count). The van der Waals surface area contributed by atoms with Gasteiger partial charge in [0, 0.05) is 5.69 Å². The van der Waals surface area contributed by atoms with Gasteiger partial charge in [-0.25, -0.2) is 4.39 Å². The Bertz CT molecular complexity index is 439. The van der Waals surface area contributed by atoms with E-state index in [4.69, 9.17) is 5.11 Å². The monoisotopic (exact) mass is 251 g/mol. The maximum Gasteiger partial charge on any atom is 0.306 e. The van der Waals surface area contributed by atoms with Crippen LogP contribution in [0.15, 0.2) is 12.3 Å². The molecule has 1 saturated carbocycles. The number of carboxylic acids is 1. The number of aromatic nitrogens is 1. The first-order valence-electron chi connectivity index (χ1n) is 6.40. The molecule has 98 valence electrons. The Labute approximate surface area is 106 Å². The fourth-order valence-corrected chi connectivity index (χ4v) is 2.68. The molecule has 1 aliphatic carbocycles. The minimum absolute atomic E-state index is 0.187. The van der Waals surface area contributed by atoms with Crippen molar-refractivity contribution in [2.75, 3.05) is 0 Å². The Morgan fingerprint density at radius 2 is 2.11 bits per heavy atom. The molecule has 0 spiro atoms. The van der Waals surface area contributed by atoms with Crippen molar-refractivity contribution in [1.29, 1.82) is 0 Å². The third-order valence-electron chi connectivity index (χ3n) is 3.86. The minimum Gasteiger partial charge on any atom is -0.481 e. The Morgan fingerprint density at radius 1 is 1.44 bits per heavy atom. The summed E-state index contributed by atoms with van der Waals surface area (Å²) in [7, 11) is 0. The molecule has 4 heteroatoms. The molecule has 0 aliphatic heterocycles. The van der Waals surface area contributed by atoms with Crippen LogP contribution in [-0.4, -0.2) is 16.1 Å². The molecule has 0 aromatic carbocycles. The van der Waals surface area contributed by atoms with Gasteiger partial charge in [0.15, 0.2) is 0 Å². The average Bonchev–Trinajstić information content (AvgIpc) is 2.34.